The normalized spacial score (nSPS) is 33.0. The number of aliphatic hydroxyl groups is 1. The summed E-state index contributed by atoms with van der Waals surface area (Å²) in [5.74, 6) is -1.86. The molecule has 1 N–H and O–H groups in total. The topological polar surface area (TPSA) is 90.4 Å². The van der Waals surface area contributed by atoms with Gasteiger partial charge >= 0.3 is 0 Å². The van der Waals surface area contributed by atoms with Gasteiger partial charge in [0.05, 0.1) is 17.4 Å². The summed E-state index contributed by atoms with van der Waals surface area (Å²) in [6.07, 6.45) is 5.96. The molecule has 3 amide bonds. The van der Waals surface area contributed by atoms with E-state index >= 15 is 0 Å². The molecule has 0 aromatic carbocycles. The monoisotopic (exact) mass is 503 g/mol. The fraction of sp³-hybridized carbons (Fsp3) is 0.750. The summed E-state index contributed by atoms with van der Waals surface area (Å²) in [4.78, 5) is 47.2. The van der Waals surface area contributed by atoms with E-state index < -0.39 is 34.6 Å². The SMILES string of the molecule is C=CCN(C)C(=O)[C@@H]1[C@H]2C(=O)N(CCCCCO)C(C(=O)N(CC=C)C(C)(C)C)C23CC(C)[C@@]1(C)O3. The molecule has 3 aliphatic heterocycles. The molecule has 2 bridgehead atoms. The van der Waals surface area contributed by atoms with E-state index in [1.165, 1.54) is 0 Å². The lowest BCUT2D eigenvalue weighted by Crippen LogP contribution is -2.60. The van der Waals surface area contributed by atoms with Crippen molar-refractivity contribution in [1.29, 1.82) is 0 Å². The standard InChI is InChI=1S/C28H45N3O5/c1-9-14-29(8)23(33)20-21-24(34)30(16-12-11-13-17-32)22(25(35)31(15-10-2)26(4,5)6)28(21)18-19(3)27(20,7)36-28/h9-10,19-22,32H,1-2,11-18H2,3-8H3/t19?,20-,21-,22?,27+,28?/m0/s1. The van der Waals surface area contributed by atoms with E-state index in [0.717, 1.165) is 6.42 Å². The van der Waals surface area contributed by atoms with Gasteiger partial charge in [-0.05, 0) is 59.3 Å². The molecule has 202 valence electrons. The summed E-state index contributed by atoms with van der Waals surface area (Å²) in [5, 5.41) is 9.22. The molecule has 1 spiro atoms. The number of hydrogen-bond donors (Lipinski definition) is 1. The predicted molar refractivity (Wildman–Crippen MR) is 139 cm³/mol. The van der Waals surface area contributed by atoms with Crippen LogP contribution in [0, 0.1) is 17.8 Å². The number of nitrogens with zero attached hydrogens (tertiary/aromatic N) is 3. The van der Waals surface area contributed by atoms with Crippen LogP contribution in [-0.2, 0) is 19.1 Å². The molecule has 3 aliphatic rings. The van der Waals surface area contributed by atoms with Crippen LogP contribution in [0.3, 0.4) is 0 Å². The van der Waals surface area contributed by atoms with Crippen molar-refractivity contribution in [2.24, 2.45) is 17.8 Å². The molecular weight excluding hydrogens is 458 g/mol. The number of fused-ring (bicyclic) bond motifs is 1. The fourth-order valence-electron chi connectivity index (χ4n) is 6.70. The second-order valence-corrected chi connectivity index (χ2v) is 11.9. The number of unbranched alkanes of at least 4 members (excludes halogenated alkanes) is 2. The van der Waals surface area contributed by atoms with Gasteiger partial charge in [0.2, 0.25) is 17.7 Å². The van der Waals surface area contributed by atoms with Crippen LogP contribution in [0.25, 0.3) is 0 Å². The van der Waals surface area contributed by atoms with Crippen LogP contribution in [0.2, 0.25) is 0 Å². The van der Waals surface area contributed by atoms with E-state index in [4.69, 9.17) is 4.74 Å². The lowest BCUT2D eigenvalue weighted by molar-refractivity contribution is -0.156. The van der Waals surface area contributed by atoms with E-state index in [9.17, 15) is 19.5 Å². The third-order valence-electron chi connectivity index (χ3n) is 8.54. The second kappa shape index (κ2) is 10.3. The van der Waals surface area contributed by atoms with Crippen molar-refractivity contribution >= 4 is 17.7 Å². The highest BCUT2D eigenvalue weighted by Gasteiger charge is 2.80. The summed E-state index contributed by atoms with van der Waals surface area (Å²) in [5.41, 5.74) is -2.38. The summed E-state index contributed by atoms with van der Waals surface area (Å²) in [6, 6.07) is -0.810. The van der Waals surface area contributed by atoms with Gasteiger partial charge in [-0.15, -0.1) is 13.2 Å². The fourth-order valence-corrected chi connectivity index (χ4v) is 6.70. The van der Waals surface area contributed by atoms with Crippen molar-refractivity contribution in [1.82, 2.24) is 14.7 Å². The number of amides is 3. The Hall–Kier alpha value is -2.19. The third kappa shape index (κ3) is 4.40. The van der Waals surface area contributed by atoms with E-state index in [2.05, 4.69) is 20.1 Å². The maximum Gasteiger partial charge on any atom is 0.249 e. The number of ether oxygens (including phenoxy) is 1. The Balaban J connectivity index is 2.11. The Labute approximate surface area is 216 Å². The number of carbonyl (C=O) groups is 3. The van der Waals surface area contributed by atoms with Gasteiger partial charge in [-0.2, -0.15) is 0 Å². The van der Waals surface area contributed by atoms with Crippen molar-refractivity contribution in [3.05, 3.63) is 25.3 Å². The highest BCUT2D eigenvalue weighted by molar-refractivity contribution is 5.99. The van der Waals surface area contributed by atoms with E-state index in [0.29, 0.717) is 38.9 Å². The number of carbonyl (C=O) groups excluding carboxylic acids is 3. The van der Waals surface area contributed by atoms with Gasteiger partial charge in [0.15, 0.2) is 0 Å². The Morgan fingerprint density at radius 2 is 1.81 bits per heavy atom. The van der Waals surface area contributed by atoms with Crippen LogP contribution in [0.4, 0.5) is 0 Å². The molecule has 3 saturated heterocycles. The first-order valence-corrected chi connectivity index (χ1v) is 13.2. The van der Waals surface area contributed by atoms with Crippen LogP contribution < -0.4 is 0 Å². The highest BCUT2D eigenvalue weighted by Crippen LogP contribution is 2.65. The van der Waals surface area contributed by atoms with Crippen molar-refractivity contribution in [3.8, 4) is 0 Å². The van der Waals surface area contributed by atoms with Gasteiger partial charge in [-0.1, -0.05) is 19.1 Å². The van der Waals surface area contributed by atoms with Crippen molar-refractivity contribution in [3.63, 3.8) is 0 Å². The van der Waals surface area contributed by atoms with Crippen LogP contribution in [0.1, 0.15) is 60.3 Å². The molecule has 0 saturated carbocycles. The quantitative estimate of drug-likeness (QED) is 0.346. The summed E-state index contributed by atoms with van der Waals surface area (Å²) >= 11 is 0. The number of likely N-dealkylation sites (N-methyl/N-ethyl adjacent to an activating group) is 1. The summed E-state index contributed by atoms with van der Waals surface area (Å²) in [6.45, 7) is 18.7. The molecule has 0 radical (unpaired) electrons. The molecule has 6 atom stereocenters. The van der Waals surface area contributed by atoms with Crippen molar-refractivity contribution in [2.45, 2.75) is 83.1 Å². The molecule has 3 fully saturated rings. The Kier molecular flexibility index (Phi) is 8.11. The van der Waals surface area contributed by atoms with Gasteiger partial charge in [-0.25, -0.2) is 0 Å². The van der Waals surface area contributed by atoms with E-state index in [1.54, 1.807) is 33.9 Å². The molecule has 0 aliphatic carbocycles. The Morgan fingerprint density at radius 1 is 1.17 bits per heavy atom. The lowest BCUT2D eigenvalue weighted by Gasteiger charge is -2.42. The molecule has 36 heavy (non-hydrogen) atoms. The zero-order valence-electron chi connectivity index (χ0n) is 23.0. The molecule has 3 rings (SSSR count). The largest absolute Gasteiger partial charge is 0.396 e. The minimum absolute atomic E-state index is 0.000221. The van der Waals surface area contributed by atoms with Gasteiger partial charge in [0.1, 0.15) is 11.6 Å². The van der Waals surface area contributed by atoms with Gasteiger partial charge in [0.25, 0.3) is 0 Å². The lowest BCUT2D eigenvalue weighted by atomic mass is 9.62. The van der Waals surface area contributed by atoms with Gasteiger partial charge < -0.3 is 24.5 Å². The zero-order valence-corrected chi connectivity index (χ0v) is 23.0. The Morgan fingerprint density at radius 3 is 2.36 bits per heavy atom. The second-order valence-electron chi connectivity index (χ2n) is 11.9. The van der Waals surface area contributed by atoms with Gasteiger partial charge in [-0.3, -0.25) is 14.4 Å². The average Bonchev–Trinajstić information content (AvgIpc) is 3.30. The molecule has 3 heterocycles. The van der Waals surface area contributed by atoms with Crippen molar-refractivity contribution in [2.75, 3.05) is 33.3 Å². The minimum Gasteiger partial charge on any atom is -0.396 e. The molecular formula is C28H45N3O5. The molecule has 8 heteroatoms. The first kappa shape index (κ1) is 28.4. The predicted octanol–water partition coefficient (Wildman–Crippen LogP) is 2.62. The first-order chi connectivity index (χ1) is 16.8. The smallest absolute Gasteiger partial charge is 0.249 e. The molecule has 8 nitrogen and oxygen atoms in total. The third-order valence-corrected chi connectivity index (χ3v) is 8.54. The maximum atomic E-state index is 14.3. The number of hydrogen-bond acceptors (Lipinski definition) is 5. The zero-order chi connectivity index (χ0) is 27.1. The number of aliphatic hydroxyl groups excluding tert-OH is 1. The van der Waals surface area contributed by atoms with Crippen LogP contribution in [-0.4, -0.2) is 93.6 Å². The molecule has 3 unspecified atom stereocenters. The van der Waals surface area contributed by atoms with Crippen LogP contribution in [0.15, 0.2) is 25.3 Å². The number of likely N-dealkylation sites (tertiary alicyclic amines) is 1. The van der Waals surface area contributed by atoms with Crippen LogP contribution in [0.5, 0.6) is 0 Å². The highest BCUT2D eigenvalue weighted by atomic mass is 16.5. The summed E-state index contributed by atoms with van der Waals surface area (Å²) < 4.78 is 6.80. The maximum absolute atomic E-state index is 14.3. The number of rotatable bonds is 11. The first-order valence-electron chi connectivity index (χ1n) is 13.2. The Bertz CT molecular complexity index is 898. The van der Waals surface area contributed by atoms with Crippen LogP contribution >= 0.6 is 0 Å². The van der Waals surface area contributed by atoms with E-state index in [1.807, 2.05) is 27.7 Å². The minimum atomic E-state index is -1.06. The van der Waals surface area contributed by atoms with E-state index in [-0.39, 0.29) is 30.2 Å². The molecule has 0 aromatic heterocycles. The summed E-state index contributed by atoms with van der Waals surface area (Å²) in [7, 11) is 1.72. The average molecular weight is 504 g/mol. The van der Waals surface area contributed by atoms with Gasteiger partial charge in [0, 0.05) is 38.8 Å². The molecule has 0 aromatic rings. The van der Waals surface area contributed by atoms with Crippen molar-refractivity contribution < 1.29 is 24.2 Å².